The molecule has 0 fully saturated rings. The van der Waals surface area contributed by atoms with E-state index in [4.69, 9.17) is 4.74 Å². The van der Waals surface area contributed by atoms with Gasteiger partial charge in [0.1, 0.15) is 10.6 Å². The maximum absolute atomic E-state index is 12.2. The first-order valence-electron chi connectivity index (χ1n) is 5.79. The summed E-state index contributed by atoms with van der Waals surface area (Å²) in [6, 6.07) is 4.96. The first-order chi connectivity index (χ1) is 8.36. The smallest absolute Gasteiger partial charge is 0.244 e. The fourth-order valence-corrected chi connectivity index (χ4v) is 3.22. The Morgan fingerprint density at radius 2 is 2.06 bits per heavy atom. The van der Waals surface area contributed by atoms with Crippen molar-refractivity contribution in [3.63, 3.8) is 0 Å². The van der Waals surface area contributed by atoms with E-state index in [9.17, 15) is 8.42 Å². The summed E-state index contributed by atoms with van der Waals surface area (Å²) in [5.74, 6) is 0.624. The molecule has 4 nitrogen and oxygen atoms in total. The van der Waals surface area contributed by atoms with Gasteiger partial charge in [0.25, 0.3) is 0 Å². The molecule has 0 bridgehead atoms. The minimum Gasteiger partial charge on any atom is -0.492 e. The van der Waals surface area contributed by atoms with Gasteiger partial charge < -0.3 is 4.74 Å². The van der Waals surface area contributed by atoms with Crippen molar-refractivity contribution >= 4 is 26.0 Å². The van der Waals surface area contributed by atoms with Crippen LogP contribution in [-0.2, 0) is 10.0 Å². The number of ether oxygens (including phenoxy) is 1. The van der Waals surface area contributed by atoms with E-state index < -0.39 is 10.0 Å². The minimum absolute atomic E-state index is 0.166. The summed E-state index contributed by atoms with van der Waals surface area (Å²) in [6.07, 6.45) is 0. The summed E-state index contributed by atoms with van der Waals surface area (Å²) in [4.78, 5) is 0.166. The molecule has 1 aromatic rings. The van der Waals surface area contributed by atoms with Crippen LogP contribution in [0, 0.1) is 5.92 Å². The van der Waals surface area contributed by atoms with E-state index in [0.29, 0.717) is 23.4 Å². The number of hydrogen-bond acceptors (Lipinski definition) is 3. The molecular weight excluding hydrogens is 318 g/mol. The van der Waals surface area contributed by atoms with Crippen molar-refractivity contribution < 1.29 is 13.2 Å². The lowest BCUT2D eigenvalue weighted by molar-refractivity contribution is 0.331. The Bertz CT molecular complexity index is 500. The molecule has 0 saturated heterocycles. The van der Waals surface area contributed by atoms with Gasteiger partial charge in [0, 0.05) is 11.0 Å². The van der Waals surface area contributed by atoms with Crippen LogP contribution in [0.15, 0.2) is 27.6 Å². The van der Waals surface area contributed by atoms with Crippen molar-refractivity contribution in [2.75, 3.05) is 13.2 Å². The van der Waals surface area contributed by atoms with Crippen LogP contribution in [-0.4, -0.2) is 21.6 Å². The summed E-state index contributed by atoms with van der Waals surface area (Å²) in [5, 5.41) is 0. The zero-order chi connectivity index (χ0) is 13.8. The zero-order valence-electron chi connectivity index (χ0n) is 10.7. The SMILES string of the molecule is CCOc1ccc(Br)cc1S(=O)(=O)NCC(C)C. The van der Waals surface area contributed by atoms with E-state index in [1.165, 1.54) is 0 Å². The first-order valence-corrected chi connectivity index (χ1v) is 8.06. The average Bonchev–Trinajstić information content (AvgIpc) is 2.29. The second-order valence-corrected chi connectivity index (χ2v) is 6.92. The maximum atomic E-state index is 12.2. The Hall–Kier alpha value is -0.590. The Kier molecular flexibility index (Phi) is 5.62. The third-order valence-corrected chi connectivity index (χ3v) is 4.11. The maximum Gasteiger partial charge on any atom is 0.244 e. The number of nitrogens with one attached hydrogen (secondary N) is 1. The molecular formula is C12H18BrNO3S. The molecule has 0 aliphatic rings. The monoisotopic (exact) mass is 335 g/mol. The average molecular weight is 336 g/mol. The van der Waals surface area contributed by atoms with Crippen molar-refractivity contribution in [2.24, 2.45) is 5.92 Å². The predicted molar refractivity (Wildman–Crippen MR) is 75.3 cm³/mol. The highest BCUT2D eigenvalue weighted by molar-refractivity contribution is 9.10. The zero-order valence-corrected chi connectivity index (χ0v) is 13.1. The van der Waals surface area contributed by atoms with Crippen molar-refractivity contribution in [2.45, 2.75) is 25.7 Å². The highest BCUT2D eigenvalue weighted by atomic mass is 79.9. The molecule has 18 heavy (non-hydrogen) atoms. The van der Waals surface area contributed by atoms with Crippen LogP contribution < -0.4 is 9.46 Å². The minimum atomic E-state index is -3.54. The number of halogens is 1. The topological polar surface area (TPSA) is 55.4 Å². The van der Waals surface area contributed by atoms with Gasteiger partial charge in [-0.05, 0) is 31.0 Å². The molecule has 0 atom stereocenters. The van der Waals surface area contributed by atoms with Crippen LogP contribution in [0.25, 0.3) is 0 Å². The fourth-order valence-electron chi connectivity index (χ4n) is 1.32. The van der Waals surface area contributed by atoms with Gasteiger partial charge in [0.15, 0.2) is 0 Å². The van der Waals surface area contributed by atoms with E-state index in [1.807, 2.05) is 20.8 Å². The summed E-state index contributed by atoms with van der Waals surface area (Å²) < 4.78 is 33.0. The Morgan fingerprint density at radius 3 is 2.61 bits per heavy atom. The second-order valence-electron chi connectivity index (χ2n) is 4.27. The molecule has 1 aromatic carbocycles. The lowest BCUT2D eigenvalue weighted by Crippen LogP contribution is -2.28. The first kappa shape index (κ1) is 15.5. The fraction of sp³-hybridized carbons (Fsp3) is 0.500. The lowest BCUT2D eigenvalue weighted by Gasteiger charge is -2.13. The van der Waals surface area contributed by atoms with Gasteiger partial charge in [0.05, 0.1) is 6.61 Å². The van der Waals surface area contributed by atoms with Gasteiger partial charge in [-0.25, -0.2) is 13.1 Å². The number of benzene rings is 1. The molecule has 1 rings (SSSR count). The molecule has 0 amide bonds. The molecule has 1 N–H and O–H groups in total. The summed E-state index contributed by atoms with van der Waals surface area (Å²) in [6.45, 7) is 6.55. The molecule has 0 spiro atoms. The van der Waals surface area contributed by atoms with Crippen molar-refractivity contribution in [1.29, 1.82) is 0 Å². The predicted octanol–water partition coefficient (Wildman–Crippen LogP) is 2.78. The third kappa shape index (κ3) is 4.26. The number of sulfonamides is 1. The number of hydrogen-bond donors (Lipinski definition) is 1. The van der Waals surface area contributed by atoms with Crippen LogP contribution in [0.3, 0.4) is 0 Å². The molecule has 0 aliphatic carbocycles. The van der Waals surface area contributed by atoms with E-state index in [1.54, 1.807) is 18.2 Å². The highest BCUT2D eigenvalue weighted by Gasteiger charge is 2.20. The summed E-state index contributed by atoms with van der Waals surface area (Å²) >= 11 is 3.27. The summed E-state index contributed by atoms with van der Waals surface area (Å²) in [7, 11) is -3.54. The van der Waals surface area contributed by atoms with Crippen LogP contribution in [0.2, 0.25) is 0 Å². The molecule has 102 valence electrons. The van der Waals surface area contributed by atoms with Gasteiger partial charge >= 0.3 is 0 Å². The van der Waals surface area contributed by atoms with E-state index in [-0.39, 0.29) is 10.8 Å². The van der Waals surface area contributed by atoms with Gasteiger partial charge in [0.2, 0.25) is 10.0 Å². The van der Waals surface area contributed by atoms with Gasteiger partial charge in [-0.1, -0.05) is 29.8 Å². The van der Waals surface area contributed by atoms with Gasteiger partial charge in [-0.3, -0.25) is 0 Å². The molecule has 0 saturated carbocycles. The van der Waals surface area contributed by atoms with Crippen LogP contribution >= 0.6 is 15.9 Å². The van der Waals surface area contributed by atoms with Gasteiger partial charge in [-0.2, -0.15) is 0 Å². The van der Waals surface area contributed by atoms with Crippen molar-refractivity contribution in [3.05, 3.63) is 22.7 Å². The second kappa shape index (κ2) is 6.54. The molecule has 0 heterocycles. The van der Waals surface area contributed by atoms with E-state index in [0.717, 1.165) is 0 Å². The highest BCUT2D eigenvalue weighted by Crippen LogP contribution is 2.27. The van der Waals surface area contributed by atoms with Crippen molar-refractivity contribution in [1.82, 2.24) is 4.72 Å². The Balaban J connectivity index is 3.09. The molecule has 6 heteroatoms. The van der Waals surface area contributed by atoms with E-state index in [2.05, 4.69) is 20.7 Å². The Labute approximate surface area is 117 Å². The van der Waals surface area contributed by atoms with E-state index >= 15 is 0 Å². The standard InChI is InChI=1S/C12H18BrNO3S/c1-4-17-11-6-5-10(13)7-12(11)18(15,16)14-8-9(2)3/h5-7,9,14H,4,8H2,1-3H3. The normalized spacial score (nSPS) is 11.8. The molecule has 0 aromatic heterocycles. The molecule has 0 aliphatic heterocycles. The quantitative estimate of drug-likeness (QED) is 0.869. The molecule has 0 radical (unpaired) electrons. The van der Waals surface area contributed by atoms with Crippen LogP contribution in [0.4, 0.5) is 0 Å². The largest absolute Gasteiger partial charge is 0.492 e. The third-order valence-electron chi connectivity index (χ3n) is 2.18. The lowest BCUT2D eigenvalue weighted by atomic mass is 10.2. The van der Waals surface area contributed by atoms with Crippen LogP contribution in [0.1, 0.15) is 20.8 Å². The van der Waals surface area contributed by atoms with Crippen LogP contribution in [0.5, 0.6) is 5.75 Å². The summed E-state index contributed by atoms with van der Waals surface area (Å²) in [5.41, 5.74) is 0. The van der Waals surface area contributed by atoms with Crippen molar-refractivity contribution in [3.8, 4) is 5.75 Å². The molecule has 0 unspecified atom stereocenters. The van der Waals surface area contributed by atoms with Gasteiger partial charge in [-0.15, -0.1) is 0 Å². The Morgan fingerprint density at radius 1 is 1.39 bits per heavy atom. The number of rotatable bonds is 6.